The number of rotatable bonds is 2. The molecule has 2 N–H and O–H groups in total. The molecule has 1 saturated carbocycles. The number of likely N-dealkylation sites (tertiary alicyclic amines) is 1. The Labute approximate surface area is 113 Å². The normalized spacial score (nSPS) is 28.1. The van der Waals surface area contributed by atoms with Crippen molar-refractivity contribution in [1.82, 2.24) is 9.88 Å². The topological polar surface area (TPSA) is 42.1 Å². The third-order valence-corrected chi connectivity index (χ3v) is 4.52. The molecule has 0 amide bonds. The van der Waals surface area contributed by atoms with Gasteiger partial charge in [0.2, 0.25) is 0 Å². The molecule has 1 aromatic heterocycles. The van der Waals surface area contributed by atoms with E-state index in [9.17, 15) is 0 Å². The highest BCUT2D eigenvalue weighted by Gasteiger charge is 2.41. The quantitative estimate of drug-likeness (QED) is 0.894. The Balaban J connectivity index is 1.84. The summed E-state index contributed by atoms with van der Waals surface area (Å²) in [5, 5.41) is 2.53. The molecule has 3 nitrogen and oxygen atoms in total. The molecule has 0 radical (unpaired) electrons. The average Bonchev–Trinajstić information content (AvgIpc) is 3.22. The van der Waals surface area contributed by atoms with Gasteiger partial charge < -0.3 is 5.73 Å². The van der Waals surface area contributed by atoms with Gasteiger partial charge in [-0.25, -0.2) is 0 Å². The molecule has 1 saturated heterocycles. The number of hydrogen-bond donors (Lipinski definition) is 1. The number of pyridine rings is 1. The van der Waals surface area contributed by atoms with Crippen LogP contribution in [0.5, 0.6) is 0 Å². The first-order valence-electron chi connectivity index (χ1n) is 7.18. The fraction of sp³-hybridized carbons (Fsp3) is 0.438. The van der Waals surface area contributed by atoms with Crippen molar-refractivity contribution in [2.45, 2.75) is 37.4 Å². The molecule has 2 aliphatic rings. The van der Waals surface area contributed by atoms with Crippen molar-refractivity contribution < 1.29 is 0 Å². The molecule has 2 fully saturated rings. The van der Waals surface area contributed by atoms with Gasteiger partial charge in [-0.1, -0.05) is 24.3 Å². The fourth-order valence-corrected chi connectivity index (χ4v) is 3.44. The first-order valence-corrected chi connectivity index (χ1v) is 7.18. The molecule has 4 rings (SSSR count). The molecular weight excluding hydrogens is 234 g/mol. The number of nitrogens with zero attached hydrogens (tertiary/aromatic N) is 2. The fourth-order valence-electron chi connectivity index (χ4n) is 3.44. The molecule has 98 valence electrons. The zero-order valence-electron chi connectivity index (χ0n) is 11.0. The zero-order valence-corrected chi connectivity index (χ0v) is 11.0. The molecular formula is C16H19N3. The maximum Gasteiger partial charge on any atom is 0.0523 e. The Kier molecular flexibility index (Phi) is 2.57. The van der Waals surface area contributed by atoms with E-state index in [1.165, 1.54) is 29.2 Å². The standard InChI is InChI=1S/C16H19N3/c17-15-7-8-19(12-5-6-12)16(15)14-10-18-9-11-3-1-2-4-13(11)14/h1-4,9-10,12,15-16H,5-8,17H2. The van der Waals surface area contributed by atoms with E-state index in [2.05, 4.69) is 34.1 Å². The minimum atomic E-state index is 0.244. The molecule has 3 heteroatoms. The first kappa shape index (κ1) is 11.4. The van der Waals surface area contributed by atoms with Crippen molar-refractivity contribution in [3.8, 4) is 0 Å². The maximum absolute atomic E-state index is 6.39. The van der Waals surface area contributed by atoms with Gasteiger partial charge in [-0.2, -0.15) is 0 Å². The van der Waals surface area contributed by atoms with Crippen LogP contribution in [0.3, 0.4) is 0 Å². The lowest BCUT2D eigenvalue weighted by Gasteiger charge is -2.27. The van der Waals surface area contributed by atoms with Crippen LogP contribution in [-0.2, 0) is 0 Å². The second-order valence-electron chi connectivity index (χ2n) is 5.82. The summed E-state index contributed by atoms with van der Waals surface area (Å²) < 4.78 is 0. The highest BCUT2D eigenvalue weighted by atomic mass is 15.2. The van der Waals surface area contributed by atoms with Crippen molar-refractivity contribution in [2.75, 3.05) is 6.54 Å². The third kappa shape index (κ3) is 1.85. The summed E-state index contributed by atoms with van der Waals surface area (Å²) in [4.78, 5) is 7.03. The van der Waals surface area contributed by atoms with E-state index >= 15 is 0 Å². The van der Waals surface area contributed by atoms with Crippen LogP contribution >= 0.6 is 0 Å². The van der Waals surface area contributed by atoms with E-state index in [4.69, 9.17) is 5.73 Å². The smallest absolute Gasteiger partial charge is 0.0523 e. The minimum Gasteiger partial charge on any atom is -0.326 e. The monoisotopic (exact) mass is 253 g/mol. The minimum absolute atomic E-state index is 0.244. The number of hydrogen-bond acceptors (Lipinski definition) is 3. The van der Waals surface area contributed by atoms with E-state index < -0.39 is 0 Å². The molecule has 2 aromatic rings. The lowest BCUT2D eigenvalue weighted by Crippen LogP contribution is -2.33. The Morgan fingerprint density at radius 2 is 1.95 bits per heavy atom. The molecule has 19 heavy (non-hydrogen) atoms. The zero-order chi connectivity index (χ0) is 12.8. The number of aromatic nitrogens is 1. The van der Waals surface area contributed by atoms with E-state index in [0.717, 1.165) is 19.0 Å². The van der Waals surface area contributed by atoms with Crippen LogP contribution in [0.4, 0.5) is 0 Å². The van der Waals surface area contributed by atoms with Crippen molar-refractivity contribution in [1.29, 1.82) is 0 Å². The SMILES string of the molecule is NC1CCN(C2CC2)C1c1cncc2ccccc12. The summed E-state index contributed by atoms with van der Waals surface area (Å²) in [7, 11) is 0. The molecule has 2 atom stereocenters. The van der Waals surface area contributed by atoms with Crippen LogP contribution < -0.4 is 5.73 Å². The van der Waals surface area contributed by atoms with Gasteiger partial charge in [0.05, 0.1) is 6.04 Å². The van der Waals surface area contributed by atoms with E-state index in [1.54, 1.807) is 0 Å². The van der Waals surface area contributed by atoms with Crippen molar-refractivity contribution in [2.24, 2.45) is 5.73 Å². The van der Waals surface area contributed by atoms with E-state index in [0.29, 0.717) is 6.04 Å². The molecule has 1 aliphatic carbocycles. The van der Waals surface area contributed by atoms with Crippen LogP contribution in [-0.4, -0.2) is 28.5 Å². The summed E-state index contributed by atoms with van der Waals surface area (Å²) in [6.07, 6.45) is 7.74. The van der Waals surface area contributed by atoms with Crippen molar-refractivity contribution >= 4 is 10.8 Å². The van der Waals surface area contributed by atoms with Crippen LogP contribution in [0.25, 0.3) is 10.8 Å². The van der Waals surface area contributed by atoms with Gasteiger partial charge in [0.25, 0.3) is 0 Å². The summed E-state index contributed by atoms with van der Waals surface area (Å²) in [6, 6.07) is 9.86. The van der Waals surface area contributed by atoms with Crippen molar-refractivity contribution in [3.63, 3.8) is 0 Å². The van der Waals surface area contributed by atoms with Crippen LogP contribution in [0.2, 0.25) is 0 Å². The van der Waals surface area contributed by atoms with Crippen LogP contribution in [0.1, 0.15) is 30.9 Å². The summed E-state index contributed by atoms with van der Waals surface area (Å²) >= 11 is 0. The van der Waals surface area contributed by atoms with Gasteiger partial charge >= 0.3 is 0 Å². The van der Waals surface area contributed by atoms with E-state index in [-0.39, 0.29) is 6.04 Å². The molecule has 0 bridgehead atoms. The van der Waals surface area contributed by atoms with Gasteiger partial charge in [0.1, 0.15) is 0 Å². The maximum atomic E-state index is 6.39. The lowest BCUT2D eigenvalue weighted by molar-refractivity contribution is 0.238. The van der Waals surface area contributed by atoms with E-state index in [1.807, 2.05) is 12.4 Å². The second kappa shape index (κ2) is 4.29. The molecule has 2 unspecified atom stereocenters. The van der Waals surface area contributed by atoms with Crippen LogP contribution in [0.15, 0.2) is 36.7 Å². The van der Waals surface area contributed by atoms with Gasteiger partial charge in [-0.05, 0) is 30.2 Å². The number of fused-ring (bicyclic) bond motifs is 1. The lowest BCUT2D eigenvalue weighted by atomic mass is 9.97. The summed E-state index contributed by atoms with van der Waals surface area (Å²) in [5.74, 6) is 0. The van der Waals surface area contributed by atoms with Gasteiger partial charge in [-0.3, -0.25) is 9.88 Å². The molecule has 2 heterocycles. The predicted molar refractivity (Wildman–Crippen MR) is 76.8 cm³/mol. The third-order valence-electron chi connectivity index (χ3n) is 4.52. The Bertz CT molecular complexity index is 600. The van der Waals surface area contributed by atoms with Gasteiger partial charge in [-0.15, -0.1) is 0 Å². The second-order valence-corrected chi connectivity index (χ2v) is 5.82. The Morgan fingerprint density at radius 3 is 2.79 bits per heavy atom. The van der Waals surface area contributed by atoms with Crippen molar-refractivity contribution in [3.05, 3.63) is 42.2 Å². The Morgan fingerprint density at radius 1 is 1.11 bits per heavy atom. The summed E-state index contributed by atoms with van der Waals surface area (Å²) in [5.41, 5.74) is 7.70. The van der Waals surface area contributed by atoms with Gasteiger partial charge in [0, 0.05) is 36.4 Å². The van der Waals surface area contributed by atoms with Gasteiger partial charge in [0.15, 0.2) is 0 Å². The summed E-state index contributed by atoms with van der Waals surface area (Å²) in [6.45, 7) is 1.14. The Hall–Kier alpha value is -1.45. The number of benzene rings is 1. The number of nitrogens with two attached hydrogens (primary N) is 1. The molecule has 1 aromatic carbocycles. The average molecular weight is 253 g/mol. The molecule has 0 spiro atoms. The largest absolute Gasteiger partial charge is 0.326 e. The predicted octanol–water partition coefficient (Wildman–Crippen LogP) is 2.47. The highest BCUT2D eigenvalue weighted by Crippen LogP contribution is 2.41. The highest BCUT2D eigenvalue weighted by molar-refractivity contribution is 5.85. The first-order chi connectivity index (χ1) is 9.34. The van der Waals surface area contributed by atoms with Crippen LogP contribution in [0, 0.1) is 0 Å². The molecule has 1 aliphatic heterocycles.